The normalized spacial score (nSPS) is 33.8. The smallest absolute Gasteiger partial charge is 0.258 e. The van der Waals surface area contributed by atoms with Gasteiger partial charge in [-0.1, -0.05) is 28.1 Å². The molecular weight excluding hydrogens is 314 g/mol. The summed E-state index contributed by atoms with van der Waals surface area (Å²) in [6.07, 6.45) is 3.88. The van der Waals surface area contributed by atoms with Crippen LogP contribution in [0.4, 0.5) is 5.69 Å². The fourth-order valence-corrected chi connectivity index (χ4v) is 5.93. The number of thioether (sulfide) groups is 1. The van der Waals surface area contributed by atoms with Crippen molar-refractivity contribution in [3.05, 3.63) is 34.4 Å². The Morgan fingerprint density at radius 3 is 2.67 bits per heavy atom. The fourth-order valence-electron chi connectivity index (χ4n) is 3.18. The van der Waals surface area contributed by atoms with Crippen LogP contribution in [0.3, 0.4) is 0 Å². The van der Waals surface area contributed by atoms with Crippen molar-refractivity contribution in [1.29, 1.82) is 0 Å². The van der Waals surface area contributed by atoms with Crippen LogP contribution in [0.25, 0.3) is 0 Å². The number of nitro groups is 1. The molecule has 0 aromatic heterocycles. The molecule has 1 aromatic rings. The second-order valence-corrected chi connectivity index (χ2v) is 7.36. The molecule has 2 fully saturated rings. The van der Waals surface area contributed by atoms with Gasteiger partial charge in [0, 0.05) is 16.1 Å². The Balaban J connectivity index is 1.83. The van der Waals surface area contributed by atoms with Crippen molar-refractivity contribution >= 4 is 33.4 Å². The molecule has 0 spiro atoms. The first-order chi connectivity index (χ1) is 8.66. The average molecular weight is 328 g/mol. The van der Waals surface area contributed by atoms with Crippen LogP contribution >= 0.6 is 27.7 Å². The standard InChI is InChI=1S/C13H14BrNO2S/c14-12-8-5-6-9(7-8)13(12)18-11-4-2-1-3-10(11)15(16)17/h1-4,8-9,12-13H,5-7H2/t8-,9-,12+,13+/m1/s1. The van der Waals surface area contributed by atoms with Crippen molar-refractivity contribution in [3.8, 4) is 0 Å². The first-order valence-corrected chi connectivity index (χ1v) is 8.00. The summed E-state index contributed by atoms with van der Waals surface area (Å²) in [5.41, 5.74) is 0.241. The number of hydrogen-bond acceptors (Lipinski definition) is 3. The molecule has 1 aromatic carbocycles. The lowest BCUT2D eigenvalue weighted by atomic mass is 10.0. The third-order valence-electron chi connectivity index (χ3n) is 4.07. The second-order valence-electron chi connectivity index (χ2n) is 5.08. The highest BCUT2D eigenvalue weighted by Gasteiger charge is 2.47. The number of hydrogen-bond donors (Lipinski definition) is 0. The van der Waals surface area contributed by atoms with Crippen LogP contribution in [0.5, 0.6) is 0 Å². The predicted octanol–water partition coefficient (Wildman–Crippen LogP) is 4.25. The minimum Gasteiger partial charge on any atom is -0.258 e. The van der Waals surface area contributed by atoms with Gasteiger partial charge in [-0.05, 0) is 37.2 Å². The number of nitrogens with zero attached hydrogens (tertiary/aromatic N) is 1. The van der Waals surface area contributed by atoms with E-state index in [-0.39, 0.29) is 10.6 Å². The lowest BCUT2D eigenvalue weighted by Gasteiger charge is -2.26. The van der Waals surface area contributed by atoms with Gasteiger partial charge in [0.25, 0.3) is 5.69 Å². The molecule has 3 nitrogen and oxygen atoms in total. The van der Waals surface area contributed by atoms with Gasteiger partial charge in [-0.15, -0.1) is 11.8 Å². The van der Waals surface area contributed by atoms with E-state index in [1.165, 1.54) is 19.3 Å². The molecule has 0 unspecified atom stereocenters. The van der Waals surface area contributed by atoms with Gasteiger partial charge in [0.15, 0.2) is 0 Å². The summed E-state index contributed by atoms with van der Waals surface area (Å²) < 4.78 is 0. The molecule has 0 saturated heterocycles. The summed E-state index contributed by atoms with van der Waals surface area (Å²) >= 11 is 5.48. The van der Waals surface area contributed by atoms with Crippen LogP contribution in [0.2, 0.25) is 0 Å². The monoisotopic (exact) mass is 327 g/mol. The molecule has 96 valence electrons. The van der Waals surface area contributed by atoms with Gasteiger partial charge in [0.05, 0.1) is 9.82 Å². The molecule has 2 aliphatic rings. The summed E-state index contributed by atoms with van der Waals surface area (Å²) in [7, 11) is 0. The number of nitro benzene ring substituents is 1. The van der Waals surface area contributed by atoms with Gasteiger partial charge < -0.3 is 0 Å². The molecule has 0 N–H and O–H groups in total. The molecular formula is C13H14BrNO2S. The molecule has 0 heterocycles. The Bertz CT molecular complexity index is 480. The Morgan fingerprint density at radius 2 is 2.00 bits per heavy atom. The Kier molecular flexibility index (Phi) is 3.36. The first kappa shape index (κ1) is 12.5. The van der Waals surface area contributed by atoms with Crippen molar-refractivity contribution in [1.82, 2.24) is 0 Å². The Labute approximate surface area is 119 Å². The zero-order valence-corrected chi connectivity index (χ0v) is 12.2. The minimum atomic E-state index is -0.279. The van der Waals surface area contributed by atoms with Crippen LogP contribution in [-0.4, -0.2) is 15.0 Å². The highest BCUT2D eigenvalue weighted by molar-refractivity contribution is 9.09. The SMILES string of the molecule is O=[N+]([O-])c1ccccc1S[C@H]1[C@@H]2CC[C@H](C2)[C@@H]1Br. The van der Waals surface area contributed by atoms with E-state index in [9.17, 15) is 10.1 Å². The maximum Gasteiger partial charge on any atom is 0.282 e. The van der Waals surface area contributed by atoms with Crippen LogP contribution in [-0.2, 0) is 0 Å². The summed E-state index contributed by atoms with van der Waals surface area (Å²) in [6.45, 7) is 0. The van der Waals surface area contributed by atoms with Crippen LogP contribution in [0, 0.1) is 22.0 Å². The van der Waals surface area contributed by atoms with Crippen molar-refractivity contribution in [2.45, 2.75) is 34.2 Å². The highest BCUT2D eigenvalue weighted by atomic mass is 79.9. The lowest BCUT2D eigenvalue weighted by molar-refractivity contribution is -0.387. The number of halogens is 1. The number of para-hydroxylation sites is 1. The lowest BCUT2D eigenvalue weighted by Crippen LogP contribution is -2.24. The average Bonchev–Trinajstić information content (AvgIpc) is 2.93. The summed E-state index contributed by atoms with van der Waals surface area (Å²) in [6, 6.07) is 7.08. The second kappa shape index (κ2) is 4.85. The van der Waals surface area contributed by atoms with Gasteiger partial charge in [-0.25, -0.2) is 0 Å². The van der Waals surface area contributed by atoms with E-state index in [1.807, 2.05) is 12.1 Å². The number of rotatable bonds is 3. The van der Waals surface area contributed by atoms with Crippen molar-refractivity contribution in [2.24, 2.45) is 11.8 Å². The molecule has 18 heavy (non-hydrogen) atoms. The summed E-state index contributed by atoms with van der Waals surface area (Å²) in [5, 5.41) is 11.5. The minimum absolute atomic E-state index is 0.241. The maximum absolute atomic E-state index is 11.0. The maximum atomic E-state index is 11.0. The third-order valence-corrected chi connectivity index (χ3v) is 7.28. The number of alkyl halides is 1. The molecule has 0 aliphatic heterocycles. The van der Waals surface area contributed by atoms with E-state index in [1.54, 1.807) is 23.9 Å². The molecule has 0 amide bonds. The highest BCUT2D eigenvalue weighted by Crippen LogP contribution is 2.54. The van der Waals surface area contributed by atoms with Crippen molar-refractivity contribution in [2.75, 3.05) is 0 Å². The third kappa shape index (κ3) is 2.07. The Hall–Kier alpha value is -0.550. The summed E-state index contributed by atoms with van der Waals surface area (Å²) in [5.74, 6) is 1.50. The zero-order valence-electron chi connectivity index (χ0n) is 9.79. The molecule has 4 atom stereocenters. The Morgan fingerprint density at radius 1 is 1.28 bits per heavy atom. The molecule has 2 aliphatic carbocycles. The van der Waals surface area contributed by atoms with Crippen LogP contribution in [0.15, 0.2) is 29.2 Å². The molecule has 2 saturated carbocycles. The van der Waals surface area contributed by atoms with Crippen LogP contribution < -0.4 is 0 Å². The van der Waals surface area contributed by atoms with Crippen molar-refractivity contribution < 1.29 is 4.92 Å². The van der Waals surface area contributed by atoms with Crippen LogP contribution in [0.1, 0.15) is 19.3 Å². The van der Waals surface area contributed by atoms with E-state index in [2.05, 4.69) is 15.9 Å². The van der Waals surface area contributed by atoms with E-state index < -0.39 is 0 Å². The number of benzene rings is 1. The predicted molar refractivity (Wildman–Crippen MR) is 76.3 cm³/mol. The molecule has 5 heteroatoms. The van der Waals surface area contributed by atoms with Gasteiger partial charge >= 0.3 is 0 Å². The van der Waals surface area contributed by atoms with Gasteiger partial charge in [-0.2, -0.15) is 0 Å². The van der Waals surface area contributed by atoms with E-state index in [4.69, 9.17) is 0 Å². The largest absolute Gasteiger partial charge is 0.282 e. The van der Waals surface area contributed by atoms with Gasteiger partial charge in [-0.3, -0.25) is 10.1 Å². The quantitative estimate of drug-likeness (QED) is 0.473. The van der Waals surface area contributed by atoms with Gasteiger partial charge in [0.1, 0.15) is 0 Å². The molecule has 0 radical (unpaired) electrons. The molecule has 3 rings (SSSR count). The van der Waals surface area contributed by atoms with Gasteiger partial charge in [0.2, 0.25) is 0 Å². The fraction of sp³-hybridized carbons (Fsp3) is 0.538. The topological polar surface area (TPSA) is 43.1 Å². The molecule has 2 bridgehead atoms. The van der Waals surface area contributed by atoms with E-state index in [0.717, 1.165) is 16.7 Å². The summed E-state index contributed by atoms with van der Waals surface area (Å²) in [4.78, 5) is 12.1. The van der Waals surface area contributed by atoms with E-state index in [0.29, 0.717) is 10.1 Å². The van der Waals surface area contributed by atoms with E-state index >= 15 is 0 Å². The number of fused-ring (bicyclic) bond motifs is 2. The zero-order chi connectivity index (χ0) is 12.7. The first-order valence-electron chi connectivity index (χ1n) is 6.21. The van der Waals surface area contributed by atoms with Crippen molar-refractivity contribution in [3.63, 3.8) is 0 Å².